The van der Waals surface area contributed by atoms with Gasteiger partial charge in [-0.15, -0.1) is 0 Å². The summed E-state index contributed by atoms with van der Waals surface area (Å²) < 4.78 is 23.9. The van der Waals surface area contributed by atoms with Crippen LogP contribution in [-0.4, -0.2) is 124 Å². The van der Waals surface area contributed by atoms with Gasteiger partial charge in [0.25, 0.3) is 0 Å². The molecule has 0 radical (unpaired) electrons. The van der Waals surface area contributed by atoms with Gasteiger partial charge in [0.1, 0.15) is 11.8 Å². The highest BCUT2D eigenvalue weighted by Crippen LogP contribution is 2.61. The molecule has 1 aromatic carbocycles. The molecule has 17 heteroatoms. The van der Waals surface area contributed by atoms with Crippen LogP contribution in [0.5, 0.6) is 11.5 Å². The number of ether oxygens (including phenoxy) is 4. The van der Waals surface area contributed by atoms with Gasteiger partial charge < -0.3 is 55.7 Å². The number of hydrogen-bond donors (Lipinski definition) is 6. The number of piperidine rings is 2. The third-order valence-electron chi connectivity index (χ3n) is 11.7. The third-order valence-corrected chi connectivity index (χ3v) is 11.7. The summed E-state index contributed by atoms with van der Waals surface area (Å²) in [5, 5.41) is 18.0. The number of likely N-dealkylation sites (tertiary alicyclic amines) is 2. The van der Waals surface area contributed by atoms with Gasteiger partial charge in [-0.2, -0.15) is 0 Å². The van der Waals surface area contributed by atoms with Gasteiger partial charge in [0, 0.05) is 43.6 Å². The molecule has 1 aliphatic carbocycles. The standard InChI is InChI=1S/C38H56N8O9/c1-21-9-11-28(52-5)32-31(21)38-14-17-45(4)22(2)26(38)10-12-29(33(38)55-32)54-37(51)46-16-13-24(35(50)53-6)18-25(46)19-43-34(49)27(8-7-15-41-36(39)40)44-30(48)20-42-23(3)47/h9,11-12,22,24-27,33H,7-8,10,13-20H2,1-6H3,(H,42,47)(H,43,49)(H,44,48)(H4,39,40,41)/t22-,24?,25-,26?,27+,33+,38+/m1/s1. The average Bonchev–Trinajstić information content (AvgIpc) is 3.52. The van der Waals surface area contributed by atoms with Gasteiger partial charge in [-0.25, -0.2) is 4.79 Å². The van der Waals surface area contributed by atoms with E-state index in [2.05, 4.69) is 53.1 Å². The lowest BCUT2D eigenvalue weighted by atomic mass is 9.57. The predicted octanol–water partition coefficient (Wildman–Crippen LogP) is 1.02. The number of allylic oxidation sites excluding steroid dienone is 1. The van der Waals surface area contributed by atoms with Crippen molar-refractivity contribution in [1.29, 1.82) is 5.41 Å². The molecule has 5 rings (SSSR count). The molecule has 4 aliphatic rings. The zero-order valence-electron chi connectivity index (χ0n) is 32.6. The summed E-state index contributed by atoms with van der Waals surface area (Å²) in [6, 6.07) is 2.54. The maximum Gasteiger partial charge on any atom is 0.415 e. The van der Waals surface area contributed by atoms with E-state index in [4.69, 9.17) is 30.1 Å². The minimum atomic E-state index is -0.995. The highest BCUT2D eigenvalue weighted by molar-refractivity contribution is 5.90. The highest BCUT2D eigenvalue weighted by atomic mass is 16.6. The van der Waals surface area contributed by atoms with Gasteiger partial charge in [0.15, 0.2) is 23.6 Å². The van der Waals surface area contributed by atoms with Crippen molar-refractivity contribution in [3.8, 4) is 11.5 Å². The molecule has 2 unspecified atom stereocenters. The first-order valence-corrected chi connectivity index (χ1v) is 18.9. The molecule has 0 aromatic heterocycles. The summed E-state index contributed by atoms with van der Waals surface area (Å²) in [6.07, 6.45) is 3.37. The Labute approximate surface area is 321 Å². The van der Waals surface area contributed by atoms with Crippen molar-refractivity contribution >= 4 is 35.7 Å². The first kappa shape index (κ1) is 41.1. The summed E-state index contributed by atoms with van der Waals surface area (Å²) in [4.78, 5) is 68.4. The Bertz CT molecular complexity index is 1690. The molecule has 1 spiro atoms. The molecule has 0 saturated carbocycles. The Hall–Kier alpha value is -5.06. The molecule has 2 fully saturated rings. The number of rotatable bonds is 13. The lowest BCUT2D eigenvalue weighted by Gasteiger charge is -2.53. The predicted molar refractivity (Wildman–Crippen MR) is 201 cm³/mol. The van der Waals surface area contributed by atoms with Crippen LogP contribution in [0, 0.1) is 24.2 Å². The van der Waals surface area contributed by atoms with Crippen LogP contribution in [0.3, 0.4) is 0 Å². The van der Waals surface area contributed by atoms with E-state index >= 15 is 0 Å². The first-order chi connectivity index (χ1) is 26.2. The van der Waals surface area contributed by atoms with E-state index in [1.165, 1.54) is 18.9 Å². The number of hydrogen-bond acceptors (Lipinski definition) is 11. The molecule has 7 atom stereocenters. The van der Waals surface area contributed by atoms with E-state index in [0.717, 1.165) is 24.1 Å². The largest absolute Gasteiger partial charge is 0.493 e. The molecule has 3 aliphatic heterocycles. The third kappa shape index (κ3) is 8.76. The van der Waals surface area contributed by atoms with E-state index in [9.17, 15) is 24.0 Å². The van der Waals surface area contributed by atoms with Gasteiger partial charge in [-0.05, 0) is 89.6 Å². The normalized spacial score (nSPS) is 26.0. The molecule has 0 bridgehead atoms. The van der Waals surface area contributed by atoms with Crippen LogP contribution in [0.2, 0.25) is 0 Å². The summed E-state index contributed by atoms with van der Waals surface area (Å²) in [7, 11) is 5.06. The number of guanidine groups is 1. The Morgan fingerprint density at radius 1 is 1.13 bits per heavy atom. The number of nitrogens with two attached hydrogens (primary N) is 1. The van der Waals surface area contributed by atoms with Gasteiger partial charge in [-0.3, -0.25) is 24.6 Å². The number of carbonyl (C=O) groups is 5. The number of carbonyl (C=O) groups excluding carboxylic acids is 5. The van der Waals surface area contributed by atoms with Crippen molar-refractivity contribution in [3.63, 3.8) is 0 Å². The fourth-order valence-corrected chi connectivity index (χ4v) is 8.78. The summed E-state index contributed by atoms with van der Waals surface area (Å²) in [5.41, 5.74) is 7.12. The molecule has 17 nitrogen and oxygen atoms in total. The molecular formula is C38H56N8O9. The Morgan fingerprint density at radius 3 is 2.58 bits per heavy atom. The number of fused-ring (bicyclic) bond motifs is 1. The van der Waals surface area contributed by atoms with Crippen molar-refractivity contribution in [2.45, 2.75) is 88.9 Å². The number of benzene rings is 1. The van der Waals surface area contributed by atoms with Crippen molar-refractivity contribution < 1.29 is 42.9 Å². The maximum atomic E-state index is 14.2. The number of methoxy groups -OCH3 is 2. The topological polar surface area (TPSA) is 227 Å². The molecule has 4 amide bonds. The minimum Gasteiger partial charge on any atom is -0.493 e. The number of nitrogens with one attached hydrogen (secondary N) is 5. The van der Waals surface area contributed by atoms with E-state index < -0.39 is 59.3 Å². The van der Waals surface area contributed by atoms with Crippen LogP contribution >= 0.6 is 0 Å². The molecule has 1 aromatic rings. The van der Waals surface area contributed by atoms with Crippen LogP contribution in [0.15, 0.2) is 24.0 Å². The van der Waals surface area contributed by atoms with Gasteiger partial charge in [0.2, 0.25) is 17.7 Å². The quantitative estimate of drug-likeness (QED) is 0.0716. The molecule has 7 N–H and O–H groups in total. The summed E-state index contributed by atoms with van der Waals surface area (Å²) >= 11 is 0. The monoisotopic (exact) mass is 768 g/mol. The van der Waals surface area contributed by atoms with Crippen LogP contribution in [0.4, 0.5) is 4.79 Å². The number of nitrogens with zero attached hydrogens (tertiary/aromatic N) is 2. The van der Waals surface area contributed by atoms with Crippen LogP contribution < -0.4 is 36.5 Å². The van der Waals surface area contributed by atoms with Crippen LogP contribution in [0.1, 0.15) is 63.5 Å². The Balaban J connectivity index is 1.35. The lowest BCUT2D eigenvalue weighted by Crippen LogP contribution is -2.60. The number of aryl methyl sites for hydroxylation is 1. The van der Waals surface area contributed by atoms with Gasteiger partial charge in [0.05, 0.1) is 32.7 Å². The van der Waals surface area contributed by atoms with Gasteiger partial charge >= 0.3 is 12.1 Å². The molecule has 302 valence electrons. The summed E-state index contributed by atoms with van der Waals surface area (Å²) in [5.74, 6) is -0.711. The SMILES string of the molecule is COC(=O)C1CCN(C(=O)OC2=CCC3[C@@H](C)N(C)CC[C@@]34c3c(C)ccc(OC)c3O[C@@H]24)[C@@H](CNC(=O)[C@H](CCCNC(=N)N)NC(=O)CNC(C)=O)C1. The number of esters is 1. The van der Waals surface area contributed by atoms with Crippen molar-refractivity contribution in [3.05, 3.63) is 35.1 Å². The smallest absolute Gasteiger partial charge is 0.415 e. The second kappa shape index (κ2) is 17.6. The molecule has 3 heterocycles. The fourth-order valence-electron chi connectivity index (χ4n) is 8.78. The Morgan fingerprint density at radius 2 is 1.89 bits per heavy atom. The van der Waals surface area contributed by atoms with E-state index in [-0.39, 0.29) is 50.4 Å². The van der Waals surface area contributed by atoms with E-state index in [1.807, 2.05) is 12.1 Å². The zero-order chi connectivity index (χ0) is 40.0. The number of amides is 4. The minimum absolute atomic E-state index is 0.0398. The van der Waals surface area contributed by atoms with Gasteiger partial charge in [-0.1, -0.05) is 6.07 Å². The van der Waals surface area contributed by atoms with E-state index in [0.29, 0.717) is 43.1 Å². The van der Waals surface area contributed by atoms with Crippen LogP contribution in [0.25, 0.3) is 0 Å². The first-order valence-electron chi connectivity index (χ1n) is 18.9. The zero-order valence-corrected chi connectivity index (χ0v) is 32.6. The van der Waals surface area contributed by atoms with Crippen molar-refractivity contribution in [2.24, 2.45) is 17.6 Å². The van der Waals surface area contributed by atoms with Crippen LogP contribution in [-0.2, 0) is 34.1 Å². The molecular weight excluding hydrogens is 712 g/mol. The molecule has 2 saturated heterocycles. The lowest BCUT2D eigenvalue weighted by molar-refractivity contribution is -0.147. The fraction of sp³-hybridized carbons (Fsp3) is 0.632. The van der Waals surface area contributed by atoms with Crippen molar-refractivity contribution in [2.75, 3.05) is 54.0 Å². The highest BCUT2D eigenvalue weighted by Gasteiger charge is 2.62. The molecule has 55 heavy (non-hydrogen) atoms. The second-order valence-corrected chi connectivity index (χ2v) is 15.0. The average molecular weight is 769 g/mol. The second-order valence-electron chi connectivity index (χ2n) is 15.0. The Kier molecular flexibility index (Phi) is 13.2. The van der Waals surface area contributed by atoms with E-state index in [1.54, 1.807) is 7.11 Å². The summed E-state index contributed by atoms with van der Waals surface area (Å²) in [6.45, 7) is 6.53. The maximum absolute atomic E-state index is 14.2. The van der Waals surface area contributed by atoms with Crippen molar-refractivity contribution in [1.82, 2.24) is 31.1 Å².